The van der Waals surface area contributed by atoms with Crippen molar-refractivity contribution in [3.63, 3.8) is 0 Å². The van der Waals surface area contributed by atoms with Crippen molar-refractivity contribution < 1.29 is 23.8 Å². The number of esters is 1. The van der Waals surface area contributed by atoms with Crippen LogP contribution < -0.4 is 19.6 Å². The lowest BCUT2D eigenvalue weighted by molar-refractivity contribution is 0.0728. The quantitative estimate of drug-likeness (QED) is 0.0824. The lowest BCUT2D eigenvalue weighted by Crippen LogP contribution is -2.17. The average molecular weight is 632 g/mol. The predicted octanol–water partition coefficient (Wildman–Crippen LogP) is 8.26. The standard InChI is InChI=1S/C30H22Cl4N2O5/c1-2-39-28-13-18(3-12-27(28)41-30(38)24-11-8-22(32)15-26(24)34)16-35-36-29(37)19-5-9-23(10-6-19)40-17-20-4-7-21(31)14-25(20)33/h3-16H,2,17H2,1H3,(H,36,37)/b35-16-. The molecule has 4 aromatic rings. The summed E-state index contributed by atoms with van der Waals surface area (Å²) in [5, 5.41) is 5.65. The number of rotatable bonds is 10. The highest BCUT2D eigenvalue weighted by molar-refractivity contribution is 6.36. The van der Waals surface area contributed by atoms with Crippen LogP contribution in [0.1, 0.15) is 38.8 Å². The number of halogens is 4. The molecule has 0 atom stereocenters. The number of nitrogens with one attached hydrogen (secondary N) is 1. The van der Waals surface area contributed by atoms with Crippen LogP contribution in [0.2, 0.25) is 20.1 Å². The first-order valence-corrected chi connectivity index (χ1v) is 13.7. The van der Waals surface area contributed by atoms with E-state index in [9.17, 15) is 9.59 Å². The van der Waals surface area contributed by atoms with Gasteiger partial charge < -0.3 is 14.2 Å². The van der Waals surface area contributed by atoms with Crippen LogP contribution >= 0.6 is 46.4 Å². The maximum atomic E-state index is 12.6. The zero-order valence-electron chi connectivity index (χ0n) is 21.5. The highest BCUT2D eigenvalue weighted by Gasteiger charge is 2.16. The molecular weight excluding hydrogens is 610 g/mol. The molecule has 0 saturated carbocycles. The van der Waals surface area contributed by atoms with Gasteiger partial charge in [-0.15, -0.1) is 0 Å². The van der Waals surface area contributed by atoms with Crippen LogP contribution in [0.5, 0.6) is 17.2 Å². The molecule has 0 aromatic heterocycles. The zero-order valence-corrected chi connectivity index (χ0v) is 24.5. The number of nitrogens with zero attached hydrogens (tertiary/aromatic N) is 1. The van der Waals surface area contributed by atoms with Gasteiger partial charge in [0, 0.05) is 26.2 Å². The summed E-state index contributed by atoms with van der Waals surface area (Å²) in [6, 6.07) is 21.1. The highest BCUT2D eigenvalue weighted by atomic mass is 35.5. The van der Waals surface area contributed by atoms with E-state index in [4.69, 9.17) is 60.6 Å². The molecule has 0 bridgehead atoms. The fourth-order valence-corrected chi connectivity index (χ4v) is 4.45. The van der Waals surface area contributed by atoms with E-state index in [1.165, 1.54) is 18.3 Å². The monoisotopic (exact) mass is 630 g/mol. The van der Waals surface area contributed by atoms with Crippen molar-refractivity contribution in [3.8, 4) is 17.2 Å². The van der Waals surface area contributed by atoms with Crippen molar-refractivity contribution in [3.05, 3.63) is 121 Å². The summed E-state index contributed by atoms with van der Waals surface area (Å²) in [4.78, 5) is 25.2. The first-order chi connectivity index (χ1) is 19.7. The smallest absolute Gasteiger partial charge is 0.345 e. The summed E-state index contributed by atoms with van der Waals surface area (Å²) >= 11 is 24.1. The summed E-state index contributed by atoms with van der Waals surface area (Å²) in [7, 11) is 0. The predicted molar refractivity (Wildman–Crippen MR) is 161 cm³/mol. The van der Waals surface area contributed by atoms with Gasteiger partial charge in [0.2, 0.25) is 0 Å². The van der Waals surface area contributed by atoms with Gasteiger partial charge in [0.15, 0.2) is 11.5 Å². The molecule has 11 heteroatoms. The molecule has 0 saturated heterocycles. The maximum Gasteiger partial charge on any atom is 0.345 e. The maximum absolute atomic E-state index is 12.6. The minimum Gasteiger partial charge on any atom is -0.490 e. The molecule has 210 valence electrons. The number of ether oxygens (including phenoxy) is 3. The van der Waals surface area contributed by atoms with E-state index in [0.29, 0.717) is 44.3 Å². The van der Waals surface area contributed by atoms with Gasteiger partial charge in [-0.3, -0.25) is 4.79 Å². The summed E-state index contributed by atoms with van der Waals surface area (Å²) in [5.41, 5.74) is 4.42. The second kappa shape index (κ2) is 14.2. The van der Waals surface area contributed by atoms with Gasteiger partial charge in [-0.05, 0) is 85.3 Å². The summed E-state index contributed by atoms with van der Waals surface area (Å²) < 4.78 is 16.9. The van der Waals surface area contributed by atoms with Crippen LogP contribution in [0.4, 0.5) is 0 Å². The number of carbonyl (C=O) groups excluding carboxylic acids is 2. The summed E-state index contributed by atoms with van der Waals surface area (Å²) in [6.45, 7) is 2.38. The van der Waals surface area contributed by atoms with Crippen LogP contribution in [0.25, 0.3) is 0 Å². The van der Waals surface area contributed by atoms with Crippen molar-refractivity contribution >= 4 is 64.5 Å². The van der Waals surface area contributed by atoms with E-state index >= 15 is 0 Å². The molecule has 0 radical (unpaired) electrons. The van der Waals surface area contributed by atoms with Crippen molar-refractivity contribution in [2.45, 2.75) is 13.5 Å². The van der Waals surface area contributed by atoms with Gasteiger partial charge in [-0.2, -0.15) is 5.10 Å². The normalized spacial score (nSPS) is 10.9. The van der Waals surface area contributed by atoms with E-state index < -0.39 is 11.9 Å². The van der Waals surface area contributed by atoms with E-state index in [1.807, 2.05) is 0 Å². The van der Waals surface area contributed by atoms with Crippen molar-refractivity contribution in [2.24, 2.45) is 5.10 Å². The lowest BCUT2D eigenvalue weighted by Gasteiger charge is -2.12. The highest BCUT2D eigenvalue weighted by Crippen LogP contribution is 2.30. The summed E-state index contributed by atoms with van der Waals surface area (Å²) in [6.07, 6.45) is 1.44. The number of hydrogen-bond donors (Lipinski definition) is 1. The molecule has 4 aromatic carbocycles. The summed E-state index contributed by atoms with van der Waals surface area (Å²) in [5.74, 6) is 0.00972. The largest absolute Gasteiger partial charge is 0.490 e. The molecule has 0 unspecified atom stereocenters. The van der Waals surface area contributed by atoms with Gasteiger partial charge >= 0.3 is 5.97 Å². The van der Waals surface area contributed by atoms with Gasteiger partial charge in [0.1, 0.15) is 12.4 Å². The fraction of sp³-hybridized carbons (Fsp3) is 0.100. The van der Waals surface area contributed by atoms with Gasteiger partial charge in [0.25, 0.3) is 5.91 Å². The van der Waals surface area contributed by atoms with E-state index in [0.717, 1.165) is 5.56 Å². The zero-order chi connectivity index (χ0) is 29.4. The minimum absolute atomic E-state index is 0.164. The molecule has 1 amide bonds. The Kier molecular flexibility index (Phi) is 10.5. The van der Waals surface area contributed by atoms with E-state index in [2.05, 4.69) is 10.5 Å². The van der Waals surface area contributed by atoms with Crippen LogP contribution in [-0.4, -0.2) is 24.7 Å². The Balaban J connectivity index is 1.35. The third-order valence-electron chi connectivity index (χ3n) is 5.53. The first kappa shape index (κ1) is 30.2. The van der Waals surface area contributed by atoms with Crippen molar-refractivity contribution in [1.82, 2.24) is 5.43 Å². The minimum atomic E-state index is -0.661. The Bertz CT molecular complexity index is 1590. The van der Waals surface area contributed by atoms with Crippen molar-refractivity contribution in [1.29, 1.82) is 0 Å². The Morgan fingerprint density at radius 3 is 2.20 bits per heavy atom. The third-order valence-corrected chi connectivity index (χ3v) is 6.66. The van der Waals surface area contributed by atoms with Crippen molar-refractivity contribution in [2.75, 3.05) is 6.61 Å². The van der Waals surface area contributed by atoms with E-state index in [1.54, 1.807) is 73.7 Å². The number of benzene rings is 4. The molecule has 0 fully saturated rings. The molecule has 41 heavy (non-hydrogen) atoms. The van der Waals surface area contributed by atoms with Crippen LogP contribution in [0, 0.1) is 0 Å². The molecule has 0 aliphatic carbocycles. The average Bonchev–Trinajstić information content (AvgIpc) is 2.94. The molecule has 1 N–H and O–H groups in total. The molecule has 0 spiro atoms. The molecule has 7 nitrogen and oxygen atoms in total. The molecule has 4 rings (SSSR count). The van der Waals surface area contributed by atoms with Crippen LogP contribution in [-0.2, 0) is 6.61 Å². The lowest BCUT2D eigenvalue weighted by atomic mass is 10.2. The number of amides is 1. The SMILES string of the molecule is CCOc1cc(/C=N\NC(=O)c2ccc(OCc3ccc(Cl)cc3Cl)cc2)ccc1OC(=O)c1ccc(Cl)cc1Cl. The molecule has 0 aliphatic rings. The Morgan fingerprint density at radius 1 is 0.805 bits per heavy atom. The fourth-order valence-electron chi connectivity index (χ4n) is 3.50. The van der Waals surface area contributed by atoms with Gasteiger partial charge in [-0.1, -0.05) is 52.5 Å². The number of carbonyl (C=O) groups is 2. The second-order valence-electron chi connectivity index (χ2n) is 8.40. The topological polar surface area (TPSA) is 86.2 Å². The Labute approximate surface area is 256 Å². The Morgan fingerprint density at radius 2 is 1.51 bits per heavy atom. The molecular formula is C30H22Cl4N2O5. The second-order valence-corrected chi connectivity index (χ2v) is 10.1. The van der Waals surface area contributed by atoms with Gasteiger partial charge in [-0.25, -0.2) is 10.2 Å². The van der Waals surface area contributed by atoms with Crippen LogP contribution in [0.15, 0.2) is 84.0 Å². The van der Waals surface area contributed by atoms with Gasteiger partial charge in [0.05, 0.1) is 23.4 Å². The van der Waals surface area contributed by atoms with Crippen LogP contribution in [0.3, 0.4) is 0 Å². The first-order valence-electron chi connectivity index (χ1n) is 12.2. The van der Waals surface area contributed by atoms with E-state index in [-0.39, 0.29) is 22.9 Å². The number of hydrazone groups is 1. The molecule has 0 heterocycles. The number of hydrogen-bond acceptors (Lipinski definition) is 6. The third kappa shape index (κ3) is 8.38. The molecule has 0 aliphatic heterocycles. The Hall–Kier alpha value is -3.75.